The SMILES string of the molecule is CN(C)c1cc(N2CCCC(c3noc(C4CC4)n3)C2)ncn1. The summed E-state index contributed by atoms with van der Waals surface area (Å²) in [5, 5.41) is 4.22. The third-order valence-electron chi connectivity index (χ3n) is 4.59. The molecule has 0 amide bonds. The highest BCUT2D eigenvalue weighted by atomic mass is 16.5. The van der Waals surface area contributed by atoms with Crippen molar-refractivity contribution in [2.45, 2.75) is 37.5 Å². The Morgan fingerprint density at radius 1 is 1.17 bits per heavy atom. The molecule has 0 radical (unpaired) electrons. The Hall–Kier alpha value is -2.18. The van der Waals surface area contributed by atoms with Gasteiger partial charge in [0.2, 0.25) is 5.89 Å². The molecule has 0 spiro atoms. The Bertz CT molecular complexity index is 681. The number of hydrogen-bond donors (Lipinski definition) is 0. The fourth-order valence-corrected chi connectivity index (χ4v) is 3.06. The van der Waals surface area contributed by atoms with Crippen LogP contribution in [0.1, 0.15) is 49.2 Å². The Balaban J connectivity index is 1.50. The molecular formula is C16H22N6O. The van der Waals surface area contributed by atoms with Crippen molar-refractivity contribution < 1.29 is 4.52 Å². The molecule has 7 nitrogen and oxygen atoms in total. The van der Waals surface area contributed by atoms with E-state index in [1.165, 1.54) is 12.8 Å². The second-order valence-corrected chi connectivity index (χ2v) is 6.68. The second kappa shape index (κ2) is 5.79. The van der Waals surface area contributed by atoms with E-state index in [1.54, 1.807) is 6.33 Å². The second-order valence-electron chi connectivity index (χ2n) is 6.68. The van der Waals surface area contributed by atoms with Gasteiger partial charge in [-0.3, -0.25) is 0 Å². The van der Waals surface area contributed by atoms with Crippen LogP contribution in [-0.4, -0.2) is 47.3 Å². The number of anilines is 2. The first-order valence-electron chi connectivity index (χ1n) is 8.28. The van der Waals surface area contributed by atoms with Crippen LogP contribution in [0.4, 0.5) is 11.6 Å². The molecule has 2 aliphatic rings. The summed E-state index contributed by atoms with van der Waals surface area (Å²) in [6.45, 7) is 1.89. The van der Waals surface area contributed by atoms with E-state index < -0.39 is 0 Å². The van der Waals surface area contributed by atoms with E-state index in [1.807, 2.05) is 25.1 Å². The third kappa shape index (κ3) is 3.00. The number of rotatable bonds is 4. The van der Waals surface area contributed by atoms with Crippen LogP contribution < -0.4 is 9.80 Å². The highest BCUT2D eigenvalue weighted by Gasteiger charge is 2.32. The van der Waals surface area contributed by atoms with Gasteiger partial charge in [0, 0.05) is 45.1 Å². The van der Waals surface area contributed by atoms with Gasteiger partial charge in [0.1, 0.15) is 18.0 Å². The largest absolute Gasteiger partial charge is 0.363 e. The molecule has 1 saturated heterocycles. The molecule has 2 aromatic rings. The average Bonchev–Trinajstić information content (AvgIpc) is 3.32. The van der Waals surface area contributed by atoms with Crippen molar-refractivity contribution in [1.82, 2.24) is 20.1 Å². The number of nitrogens with zero attached hydrogens (tertiary/aromatic N) is 6. The fraction of sp³-hybridized carbons (Fsp3) is 0.625. The zero-order chi connectivity index (χ0) is 15.8. The molecule has 2 aromatic heterocycles. The quantitative estimate of drug-likeness (QED) is 0.856. The van der Waals surface area contributed by atoms with Gasteiger partial charge in [-0.2, -0.15) is 4.98 Å². The summed E-state index contributed by atoms with van der Waals surface area (Å²) in [6.07, 6.45) is 6.22. The lowest BCUT2D eigenvalue weighted by molar-refractivity contribution is 0.365. The molecule has 7 heteroatoms. The highest BCUT2D eigenvalue weighted by molar-refractivity contribution is 5.49. The van der Waals surface area contributed by atoms with Gasteiger partial charge in [0.25, 0.3) is 0 Å². The molecule has 1 aliphatic heterocycles. The standard InChI is InChI=1S/C16H22N6O/c1-21(2)13-8-14(18-10-17-13)22-7-3-4-12(9-22)15-19-16(23-20-15)11-5-6-11/h8,10-12H,3-7,9H2,1-2H3. The highest BCUT2D eigenvalue weighted by Crippen LogP contribution is 2.39. The predicted molar refractivity (Wildman–Crippen MR) is 86.8 cm³/mol. The van der Waals surface area contributed by atoms with E-state index in [0.717, 1.165) is 49.3 Å². The smallest absolute Gasteiger partial charge is 0.229 e. The minimum atomic E-state index is 0.317. The molecule has 1 aliphatic carbocycles. The van der Waals surface area contributed by atoms with Crippen LogP contribution in [0.5, 0.6) is 0 Å². The van der Waals surface area contributed by atoms with Crippen molar-refractivity contribution >= 4 is 11.6 Å². The van der Waals surface area contributed by atoms with E-state index >= 15 is 0 Å². The van der Waals surface area contributed by atoms with E-state index in [0.29, 0.717) is 11.8 Å². The third-order valence-corrected chi connectivity index (χ3v) is 4.59. The summed E-state index contributed by atoms with van der Waals surface area (Å²) < 4.78 is 5.42. The van der Waals surface area contributed by atoms with Gasteiger partial charge < -0.3 is 14.3 Å². The van der Waals surface area contributed by atoms with Crippen LogP contribution in [0.2, 0.25) is 0 Å². The zero-order valence-electron chi connectivity index (χ0n) is 13.6. The van der Waals surface area contributed by atoms with Crippen molar-refractivity contribution in [1.29, 1.82) is 0 Å². The van der Waals surface area contributed by atoms with Crippen LogP contribution >= 0.6 is 0 Å². The molecule has 122 valence electrons. The number of aromatic nitrogens is 4. The maximum atomic E-state index is 5.42. The normalized spacial score (nSPS) is 21.5. The average molecular weight is 314 g/mol. The molecule has 4 rings (SSSR count). The lowest BCUT2D eigenvalue weighted by Gasteiger charge is -2.32. The van der Waals surface area contributed by atoms with Gasteiger partial charge >= 0.3 is 0 Å². The van der Waals surface area contributed by atoms with Gasteiger partial charge in [0.05, 0.1) is 0 Å². The first kappa shape index (κ1) is 14.4. The van der Waals surface area contributed by atoms with E-state index in [-0.39, 0.29) is 0 Å². The summed E-state index contributed by atoms with van der Waals surface area (Å²) in [4.78, 5) is 17.6. The van der Waals surface area contributed by atoms with E-state index in [2.05, 4.69) is 25.0 Å². The Morgan fingerprint density at radius 2 is 2.04 bits per heavy atom. The molecule has 0 N–H and O–H groups in total. The summed E-state index contributed by atoms with van der Waals surface area (Å²) in [6, 6.07) is 2.04. The molecular weight excluding hydrogens is 292 g/mol. The van der Waals surface area contributed by atoms with Crippen LogP contribution in [0.25, 0.3) is 0 Å². The van der Waals surface area contributed by atoms with Crippen molar-refractivity contribution in [2.75, 3.05) is 37.0 Å². The number of hydrogen-bond acceptors (Lipinski definition) is 7. The van der Waals surface area contributed by atoms with Crippen LogP contribution in [0.15, 0.2) is 16.9 Å². The van der Waals surface area contributed by atoms with Gasteiger partial charge in [-0.25, -0.2) is 9.97 Å². The van der Waals surface area contributed by atoms with Crippen molar-refractivity contribution in [2.24, 2.45) is 0 Å². The maximum absolute atomic E-state index is 5.42. The Labute approximate surface area is 135 Å². The lowest BCUT2D eigenvalue weighted by Crippen LogP contribution is -2.35. The van der Waals surface area contributed by atoms with Crippen LogP contribution in [0, 0.1) is 0 Å². The molecule has 0 bridgehead atoms. The molecule has 2 fully saturated rings. The Kier molecular flexibility index (Phi) is 3.63. The maximum Gasteiger partial charge on any atom is 0.229 e. The van der Waals surface area contributed by atoms with Crippen molar-refractivity contribution in [3.63, 3.8) is 0 Å². The van der Waals surface area contributed by atoms with Gasteiger partial charge in [-0.1, -0.05) is 5.16 Å². The first-order chi connectivity index (χ1) is 11.2. The molecule has 1 saturated carbocycles. The summed E-state index contributed by atoms with van der Waals surface area (Å²) in [5.41, 5.74) is 0. The fourth-order valence-electron chi connectivity index (χ4n) is 3.06. The van der Waals surface area contributed by atoms with Gasteiger partial charge in [0.15, 0.2) is 5.82 Å². The zero-order valence-corrected chi connectivity index (χ0v) is 13.6. The molecule has 3 heterocycles. The van der Waals surface area contributed by atoms with Crippen molar-refractivity contribution in [3.05, 3.63) is 24.1 Å². The Morgan fingerprint density at radius 3 is 2.83 bits per heavy atom. The molecule has 0 aromatic carbocycles. The first-order valence-corrected chi connectivity index (χ1v) is 8.28. The topological polar surface area (TPSA) is 71.2 Å². The van der Waals surface area contributed by atoms with Crippen LogP contribution in [-0.2, 0) is 0 Å². The van der Waals surface area contributed by atoms with Gasteiger partial charge in [-0.15, -0.1) is 0 Å². The molecule has 1 unspecified atom stereocenters. The molecule has 23 heavy (non-hydrogen) atoms. The van der Waals surface area contributed by atoms with Crippen molar-refractivity contribution in [3.8, 4) is 0 Å². The monoisotopic (exact) mass is 314 g/mol. The summed E-state index contributed by atoms with van der Waals surface area (Å²) in [5.74, 6) is 4.41. The predicted octanol–water partition coefficient (Wildman–Crippen LogP) is 2.19. The molecule has 1 atom stereocenters. The summed E-state index contributed by atoms with van der Waals surface area (Å²) >= 11 is 0. The lowest BCUT2D eigenvalue weighted by atomic mass is 9.97. The summed E-state index contributed by atoms with van der Waals surface area (Å²) in [7, 11) is 3.98. The van der Waals surface area contributed by atoms with E-state index in [4.69, 9.17) is 4.52 Å². The van der Waals surface area contributed by atoms with E-state index in [9.17, 15) is 0 Å². The minimum absolute atomic E-state index is 0.317. The van der Waals surface area contributed by atoms with Gasteiger partial charge in [-0.05, 0) is 25.7 Å². The minimum Gasteiger partial charge on any atom is -0.363 e. The number of piperidine rings is 1. The van der Waals surface area contributed by atoms with Crippen LogP contribution in [0.3, 0.4) is 0 Å².